The van der Waals surface area contributed by atoms with Crippen molar-refractivity contribution in [2.45, 2.75) is 91.8 Å². The molecule has 226 valence electrons. The number of nitrogens with zero attached hydrogens (tertiary/aromatic N) is 4. The molecule has 41 heavy (non-hydrogen) atoms. The molecule has 3 aromatic rings. The largest absolute Gasteiger partial charge is 0.487 e. The van der Waals surface area contributed by atoms with Crippen molar-refractivity contribution >= 4 is 48.6 Å². The first-order valence-electron chi connectivity index (χ1n) is 13.8. The second-order valence-electron chi connectivity index (χ2n) is 13.6. The van der Waals surface area contributed by atoms with Crippen molar-refractivity contribution < 1.29 is 19.1 Å². The summed E-state index contributed by atoms with van der Waals surface area (Å²) in [6.45, 7) is 21.2. The predicted molar refractivity (Wildman–Crippen MR) is 170 cm³/mol. The van der Waals surface area contributed by atoms with Gasteiger partial charge in [-0.15, -0.1) is 0 Å². The van der Waals surface area contributed by atoms with Crippen LogP contribution in [0.25, 0.3) is 22.3 Å². The fourth-order valence-corrected chi connectivity index (χ4v) is 6.11. The van der Waals surface area contributed by atoms with E-state index in [0.717, 1.165) is 10.9 Å². The molecule has 3 rings (SSSR count). The summed E-state index contributed by atoms with van der Waals surface area (Å²) >= 11 is 13.3. The summed E-state index contributed by atoms with van der Waals surface area (Å²) in [7, 11) is -0.751. The SMILES string of the molecule is CC(C)n1ncc2c(Cl)cc(-c3cc(Cl)cc(OC(C(CN(C)C(=O)O)O[Si](C)(C)C(C)(C)C)C(C)(C)C)c3)nc21. The normalized spacial score (nSPS) is 14.4. The van der Waals surface area contributed by atoms with E-state index in [9.17, 15) is 9.90 Å². The van der Waals surface area contributed by atoms with Gasteiger partial charge in [0.25, 0.3) is 0 Å². The van der Waals surface area contributed by atoms with Gasteiger partial charge in [0.1, 0.15) is 18.0 Å². The first kappa shape index (κ1) is 33.2. The molecule has 2 heterocycles. The molecule has 0 aliphatic carbocycles. The molecule has 0 radical (unpaired) electrons. The molecule has 0 spiro atoms. The number of benzene rings is 1. The summed E-state index contributed by atoms with van der Waals surface area (Å²) < 4.78 is 15.4. The van der Waals surface area contributed by atoms with Gasteiger partial charge in [-0.3, -0.25) is 0 Å². The van der Waals surface area contributed by atoms with Crippen molar-refractivity contribution in [2.24, 2.45) is 5.41 Å². The Labute approximate surface area is 255 Å². The van der Waals surface area contributed by atoms with E-state index in [2.05, 4.69) is 59.7 Å². The minimum absolute atomic E-state index is 0.0786. The summed E-state index contributed by atoms with van der Waals surface area (Å²) in [6.07, 6.45) is -0.314. The quantitative estimate of drug-likeness (QED) is 0.240. The molecule has 0 aliphatic heterocycles. The Bertz CT molecular complexity index is 1400. The van der Waals surface area contributed by atoms with Crippen LogP contribution in [0.1, 0.15) is 61.4 Å². The molecular formula is C30H44Cl2N4O4Si. The Morgan fingerprint density at radius 3 is 2.27 bits per heavy atom. The first-order valence-corrected chi connectivity index (χ1v) is 17.5. The first-order chi connectivity index (χ1) is 18.7. The van der Waals surface area contributed by atoms with Gasteiger partial charge >= 0.3 is 6.09 Å². The van der Waals surface area contributed by atoms with Crippen molar-refractivity contribution in [1.29, 1.82) is 0 Å². The van der Waals surface area contributed by atoms with Crippen molar-refractivity contribution in [3.8, 4) is 17.0 Å². The van der Waals surface area contributed by atoms with E-state index in [1.54, 1.807) is 25.4 Å². The molecule has 0 saturated carbocycles. The Kier molecular flexibility index (Phi) is 9.80. The summed E-state index contributed by atoms with van der Waals surface area (Å²) in [5.41, 5.74) is 1.67. The van der Waals surface area contributed by atoms with Gasteiger partial charge < -0.3 is 19.2 Å². The Hall–Kier alpha value is -2.33. The number of halogens is 2. The highest BCUT2D eigenvalue weighted by molar-refractivity contribution is 6.74. The van der Waals surface area contributed by atoms with Gasteiger partial charge in [0, 0.05) is 29.1 Å². The highest BCUT2D eigenvalue weighted by Gasteiger charge is 2.44. The third-order valence-corrected chi connectivity index (χ3v) is 12.7. The molecule has 1 N–H and O–H groups in total. The van der Waals surface area contributed by atoms with E-state index in [-0.39, 0.29) is 17.6 Å². The van der Waals surface area contributed by atoms with E-state index in [0.29, 0.717) is 27.1 Å². The van der Waals surface area contributed by atoms with Crippen molar-refractivity contribution in [3.05, 3.63) is 40.5 Å². The number of ether oxygens (including phenoxy) is 1. The number of hydrogen-bond acceptors (Lipinski definition) is 5. The molecule has 1 aromatic carbocycles. The fourth-order valence-electron chi connectivity index (χ4n) is 4.34. The molecule has 11 heteroatoms. The number of carboxylic acid groups (broad SMARTS) is 1. The summed E-state index contributed by atoms with van der Waals surface area (Å²) in [5, 5.41) is 15.9. The summed E-state index contributed by atoms with van der Waals surface area (Å²) in [4.78, 5) is 18.0. The number of carbonyl (C=O) groups is 1. The average Bonchev–Trinajstić information content (AvgIpc) is 3.25. The summed E-state index contributed by atoms with van der Waals surface area (Å²) in [6, 6.07) is 7.38. The lowest BCUT2D eigenvalue weighted by molar-refractivity contribution is -0.0300. The third kappa shape index (κ3) is 7.74. The number of amides is 1. The van der Waals surface area contributed by atoms with Gasteiger partial charge in [-0.25, -0.2) is 14.5 Å². The number of aromatic nitrogens is 3. The smallest absolute Gasteiger partial charge is 0.407 e. The second-order valence-corrected chi connectivity index (χ2v) is 19.2. The van der Waals surface area contributed by atoms with Crippen LogP contribution in [0.5, 0.6) is 5.75 Å². The van der Waals surface area contributed by atoms with E-state index < -0.39 is 32.0 Å². The molecule has 1 amide bonds. The Morgan fingerprint density at radius 2 is 1.73 bits per heavy atom. The highest BCUT2D eigenvalue weighted by Crippen LogP contribution is 2.40. The third-order valence-electron chi connectivity index (χ3n) is 7.66. The van der Waals surface area contributed by atoms with Crippen molar-refractivity contribution in [3.63, 3.8) is 0 Å². The number of likely N-dealkylation sites (N-methyl/N-ethyl adjacent to an activating group) is 1. The Balaban J connectivity index is 2.08. The van der Waals surface area contributed by atoms with Crippen LogP contribution in [-0.4, -0.2) is 65.0 Å². The average molecular weight is 624 g/mol. The zero-order chi connectivity index (χ0) is 31.1. The lowest BCUT2D eigenvalue weighted by atomic mass is 9.85. The van der Waals surface area contributed by atoms with Gasteiger partial charge in [0.05, 0.1) is 28.8 Å². The predicted octanol–water partition coefficient (Wildman–Crippen LogP) is 8.78. The maximum Gasteiger partial charge on any atom is 0.407 e. The van der Waals surface area contributed by atoms with Crippen molar-refractivity contribution in [1.82, 2.24) is 19.7 Å². The van der Waals surface area contributed by atoms with Crippen LogP contribution in [0, 0.1) is 5.41 Å². The lowest BCUT2D eigenvalue weighted by Crippen LogP contribution is -2.55. The minimum atomic E-state index is -2.30. The summed E-state index contributed by atoms with van der Waals surface area (Å²) in [5.74, 6) is 0.532. The van der Waals surface area contributed by atoms with Crippen LogP contribution in [0.4, 0.5) is 4.79 Å². The maximum atomic E-state index is 11.8. The zero-order valence-corrected chi connectivity index (χ0v) is 28.6. The monoisotopic (exact) mass is 622 g/mol. The maximum absolute atomic E-state index is 11.8. The standard InChI is InChI=1S/C30H44Cl2N4O4Si/c1-18(2)36-27-22(16-33-36)23(32)15-24(34-27)19-12-20(31)14-21(13-19)39-26(29(3,4)5)25(17-35(9)28(37)38)40-41(10,11)30(6,7)8/h12-16,18,25-26H,17H2,1-11H3,(H,37,38). The molecule has 8 nitrogen and oxygen atoms in total. The van der Waals surface area contributed by atoms with Crippen LogP contribution >= 0.6 is 23.2 Å². The van der Waals surface area contributed by atoms with E-state index >= 15 is 0 Å². The van der Waals surface area contributed by atoms with Gasteiger partial charge in [-0.2, -0.15) is 5.10 Å². The van der Waals surface area contributed by atoms with Crippen LogP contribution in [0.2, 0.25) is 28.2 Å². The molecule has 2 unspecified atom stereocenters. The number of rotatable bonds is 9. The Morgan fingerprint density at radius 1 is 1.10 bits per heavy atom. The molecule has 0 fully saturated rings. The highest BCUT2D eigenvalue weighted by atomic mass is 35.5. The van der Waals surface area contributed by atoms with Gasteiger partial charge in [0.15, 0.2) is 14.0 Å². The molecule has 2 atom stereocenters. The van der Waals surface area contributed by atoms with Crippen LogP contribution < -0.4 is 4.74 Å². The molecule has 0 aliphatic rings. The van der Waals surface area contributed by atoms with Gasteiger partial charge in [-0.1, -0.05) is 64.7 Å². The minimum Gasteiger partial charge on any atom is -0.487 e. The van der Waals surface area contributed by atoms with Crippen LogP contribution in [0.15, 0.2) is 30.5 Å². The number of hydrogen-bond donors (Lipinski definition) is 1. The number of fused-ring (bicyclic) bond motifs is 1. The van der Waals surface area contributed by atoms with E-state index in [1.807, 2.05) is 30.7 Å². The van der Waals surface area contributed by atoms with Crippen LogP contribution in [0.3, 0.4) is 0 Å². The van der Waals surface area contributed by atoms with Gasteiger partial charge in [0.2, 0.25) is 0 Å². The van der Waals surface area contributed by atoms with Crippen molar-refractivity contribution in [2.75, 3.05) is 13.6 Å². The second kappa shape index (κ2) is 12.1. The van der Waals surface area contributed by atoms with E-state index in [1.165, 1.54) is 4.90 Å². The molecule has 0 saturated heterocycles. The van der Waals surface area contributed by atoms with Gasteiger partial charge in [-0.05, 0) is 56.2 Å². The fraction of sp³-hybridized carbons (Fsp3) is 0.567. The molecule has 0 bridgehead atoms. The van der Waals surface area contributed by atoms with E-state index in [4.69, 9.17) is 37.3 Å². The number of pyridine rings is 1. The lowest BCUT2D eigenvalue weighted by Gasteiger charge is -2.45. The zero-order valence-electron chi connectivity index (χ0n) is 26.0. The molecule has 2 aromatic heterocycles. The topological polar surface area (TPSA) is 89.7 Å². The molecular weight excluding hydrogens is 579 g/mol. The van der Waals surface area contributed by atoms with Crippen LogP contribution in [-0.2, 0) is 4.43 Å².